The molecule has 6 heteroatoms. The zero-order chi connectivity index (χ0) is 18.1. The molecule has 6 nitrogen and oxygen atoms in total. The first kappa shape index (κ1) is 16.6. The van der Waals surface area contributed by atoms with E-state index in [0.717, 1.165) is 48.3 Å². The second kappa shape index (κ2) is 6.78. The SMILES string of the molecule is CC(=O)OC1CCN(c2nn(-c3ccc(C)cc3)c3cnccc23)CC1. The molecule has 0 amide bonds. The van der Waals surface area contributed by atoms with Gasteiger partial charge in [-0.3, -0.25) is 9.78 Å². The molecular weight excluding hydrogens is 328 g/mol. The first-order valence-electron chi connectivity index (χ1n) is 8.94. The third-order valence-corrected chi connectivity index (χ3v) is 4.82. The van der Waals surface area contributed by atoms with Gasteiger partial charge < -0.3 is 9.64 Å². The predicted octanol–water partition coefficient (Wildman–Crippen LogP) is 3.26. The van der Waals surface area contributed by atoms with Crippen molar-refractivity contribution in [3.8, 4) is 5.69 Å². The first-order valence-corrected chi connectivity index (χ1v) is 8.94. The van der Waals surface area contributed by atoms with Gasteiger partial charge in [0, 0.05) is 44.4 Å². The van der Waals surface area contributed by atoms with Crippen molar-refractivity contribution in [1.29, 1.82) is 0 Å². The first-order chi connectivity index (χ1) is 12.6. The molecule has 2 aromatic heterocycles. The number of nitrogens with zero attached hydrogens (tertiary/aromatic N) is 4. The Kier molecular flexibility index (Phi) is 4.32. The van der Waals surface area contributed by atoms with Crippen LogP contribution < -0.4 is 4.90 Å². The molecule has 0 bridgehead atoms. The maximum absolute atomic E-state index is 11.2. The van der Waals surface area contributed by atoms with Gasteiger partial charge in [0.2, 0.25) is 0 Å². The fourth-order valence-electron chi connectivity index (χ4n) is 3.48. The number of fused-ring (bicyclic) bond motifs is 1. The van der Waals surface area contributed by atoms with Crippen molar-refractivity contribution in [2.75, 3.05) is 18.0 Å². The summed E-state index contributed by atoms with van der Waals surface area (Å²) in [5, 5.41) is 5.98. The van der Waals surface area contributed by atoms with E-state index in [4.69, 9.17) is 9.84 Å². The van der Waals surface area contributed by atoms with E-state index < -0.39 is 0 Å². The summed E-state index contributed by atoms with van der Waals surface area (Å²) < 4.78 is 7.30. The molecule has 3 aromatic rings. The molecule has 1 aromatic carbocycles. The Balaban J connectivity index is 1.66. The Morgan fingerprint density at radius 1 is 1.15 bits per heavy atom. The van der Waals surface area contributed by atoms with Gasteiger partial charge in [0.05, 0.1) is 17.4 Å². The quantitative estimate of drug-likeness (QED) is 0.679. The zero-order valence-corrected chi connectivity index (χ0v) is 15.1. The van der Waals surface area contributed by atoms with Crippen LogP contribution in [0.3, 0.4) is 0 Å². The van der Waals surface area contributed by atoms with Gasteiger partial charge in [0.25, 0.3) is 0 Å². The molecule has 134 valence electrons. The molecule has 0 atom stereocenters. The number of piperidine rings is 1. The van der Waals surface area contributed by atoms with Crippen LogP contribution in [0.15, 0.2) is 42.7 Å². The monoisotopic (exact) mass is 350 g/mol. The highest BCUT2D eigenvalue weighted by atomic mass is 16.5. The highest BCUT2D eigenvalue weighted by Gasteiger charge is 2.25. The minimum atomic E-state index is -0.205. The molecule has 3 heterocycles. The molecule has 1 aliphatic rings. The highest BCUT2D eigenvalue weighted by Crippen LogP contribution is 2.30. The molecule has 1 fully saturated rings. The molecule has 0 aliphatic carbocycles. The van der Waals surface area contributed by atoms with Crippen LogP contribution in [-0.4, -0.2) is 39.9 Å². The Morgan fingerprint density at radius 2 is 1.88 bits per heavy atom. The molecular formula is C20H22N4O2. The molecule has 0 spiro atoms. The van der Waals surface area contributed by atoms with Crippen LogP contribution in [-0.2, 0) is 9.53 Å². The Labute approximate surface area is 152 Å². The summed E-state index contributed by atoms with van der Waals surface area (Å²) in [6.07, 6.45) is 5.32. The van der Waals surface area contributed by atoms with Crippen molar-refractivity contribution in [2.45, 2.75) is 32.8 Å². The van der Waals surface area contributed by atoms with Crippen molar-refractivity contribution >= 4 is 22.7 Å². The van der Waals surface area contributed by atoms with Crippen LogP contribution in [0.2, 0.25) is 0 Å². The van der Waals surface area contributed by atoms with Gasteiger partial charge in [-0.25, -0.2) is 4.68 Å². The molecule has 0 radical (unpaired) electrons. The number of pyridine rings is 1. The molecule has 26 heavy (non-hydrogen) atoms. The van der Waals surface area contributed by atoms with Crippen LogP contribution in [0.1, 0.15) is 25.3 Å². The van der Waals surface area contributed by atoms with Crippen molar-refractivity contribution in [2.24, 2.45) is 0 Å². The highest BCUT2D eigenvalue weighted by molar-refractivity contribution is 5.91. The standard InChI is InChI=1S/C20H22N4O2/c1-14-3-5-16(6-4-14)24-19-13-21-10-7-18(19)20(22-24)23-11-8-17(9-12-23)26-15(2)25/h3-7,10,13,17H,8-9,11-12H2,1-2H3. The van der Waals surface area contributed by atoms with Crippen molar-refractivity contribution in [3.05, 3.63) is 48.3 Å². The predicted molar refractivity (Wildman–Crippen MR) is 101 cm³/mol. The summed E-state index contributed by atoms with van der Waals surface area (Å²) >= 11 is 0. The lowest BCUT2D eigenvalue weighted by molar-refractivity contribution is -0.147. The van der Waals surface area contributed by atoms with E-state index in [1.807, 2.05) is 16.9 Å². The number of aromatic nitrogens is 3. The van der Waals surface area contributed by atoms with E-state index in [1.54, 1.807) is 6.20 Å². The van der Waals surface area contributed by atoms with E-state index in [-0.39, 0.29) is 12.1 Å². The maximum atomic E-state index is 11.2. The number of hydrogen-bond donors (Lipinski definition) is 0. The summed E-state index contributed by atoms with van der Waals surface area (Å²) in [4.78, 5) is 17.7. The number of esters is 1. The number of ether oxygens (including phenoxy) is 1. The van der Waals surface area contributed by atoms with E-state index in [1.165, 1.54) is 12.5 Å². The van der Waals surface area contributed by atoms with Gasteiger partial charge in [-0.05, 0) is 25.1 Å². The van der Waals surface area contributed by atoms with E-state index >= 15 is 0 Å². The van der Waals surface area contributed by atoms with Crippen LogP contribution in [0.4, 0.5) is 5.82 Å². The lowest BCUT2D eigenvalue weighted by Crippen LogP contribution is -2.38. The van der Waals surface area contributed by atoms with Gasteiger partial charge in [-0.15, -0.1) is 5.10 Å². The Morgan fingerprint density at radius 3 is 2.58 bits per heavy atom. The number of rotatable bonds is 3. The van der Waals surface area contributed by atoms with Crippen LogP contribution in [0, 0.1) is 6.92 Å². The van der Waals surface area contributed by atoms with Crippen molar-refractivity contribution in [3.63, 3.8) is 0 Å². The molecule has 4 rings (SSSR count). The second-order valence-electron chi connectivity index (χ2n) is 6.76. The van der Waals surface area contributed by atoms with Crippen molar-refractivity contribution < 1.29 is 9.53 Å². The molecule has 0 saturated carbocycles. The third-order valence-electron chi connectivity index (χ3n) is 4.82. The largest absolute Gasteiger partial charge is 0.462 e. The van der Waals surface area contributed by atoms with Crippen LogP contribution in [0.25, 0.3) is 16.6 Å². The minimum Gasteiger partial charge on any atom is -0.462 e. The van der Waals surface area contributed by atoms with E-state index in [2.05, 4.69) is 41.1 Å². The lowest BCUT2D eigenvalue weighted by atomic mass is 10.1. The topological polar surface area (TPSA) is 60.2 Å². The van der Waals surface area contributed by atoms with Crippen molar-refractivity contribution in [1.82, 2.24) is 14.8 Å². The van der Waals surface area contributed by atoms with Gasteiger partial charge >= 0.3 is 5.97 Å². The molecule has 0 N–H and O–H groups in total. The molecule has 0 unspecified atom stereocenters. The molecule has 1 saturated heterocycles. The number of aryl methyl sites for hydroxylation is 1. The summed E-state index contributed by atoms with van der Waals surface area (Å²) in [6.45, 7) is 5.18. The van der Waals surface area contributed by atoms with Crippen LogP contribution >= 0.6 is 0 Å². The number of benzene rings is 1. The normalized spacial score (nSPS) is 15.4. The summed E-state index contributed by atoms with van der Waals surface area (Å²) in [5.41, 5.74) is 3.24. The lowest BCUT2D eigenvalue weighted by Gasteiger charge is -2.31. The Bertz CT molecular complexity index is 925. The second-order valence-corrected chi connectivity index (χ2v) is 6.76. The minimum absolute atomic E-state index is 0.0101. The third kappa shape index (κ3) is 3.14. The fourth-order valence-corrected chi connectivity index (χ4v) is 3.48. The van der Waals surface area contributed by atoms with Crippen LogP contribution in [0.5, 0.6) is 0 Å². The maximum Gasteiger partial charge on any atom is 0.302 e. The summed E-state index contributed by atoms with van der Waals surface area (Å²) in [7, 11) is 0. The van der Waals surface area contributed by atoms with E-state index in [0.29, 0.717) is 0 Å². The average molecular weight is 350 g/mol. The fraction of sp³-hybridized carbons (Fsp3) is 0.350. The summed E-state index contributed by atoms with van der Waals surface area (Å²) in [6, 6.07) is 10.3. The molecule has 1 aliphatic heterocycles. The van der Waals surface area contributed by atoms with Gasteiger partial charge in [0.15, 0.2) is 5.82 Å². The smallest absolute Gasteiger partial charge is 0.302 e. The number of hydrogen-bond acceptors (Lipinski definition) is 5. The average Bonchev–Trinajstić information content (AvgIpc) is 3.02. The van der Waals surface area contributed by atoms with Gasteiger partial charge in [-0.1, -0.05) is 17.7 Å². The number of anilines is 1. The number of carbonyl (C=O) groups excluding carboxylic acids is 1. The van der Waals surface area contributed by atoms with Gasteiger partial charge in [-0.2, -0.15) is 0 Å². The number of carbonyl (C=O) groups is 1. The van der Waals surface area contributed by atoms with E-state index in [9.17, 15) is 4.79 Å². The zero-order valence-electron chi connectivity index (χ0n) is 15.1. The Hall–Kier alpha value is -2.89. The van der Waals surface area contributed by atoms with Gasteiger partial charge in [0.1, 0.15) is 6.10 Å². The summed E-state index contributed by atoms with van der Waals surface area (Å²) in [5.74, 6) is 0.757.